The van der Waals surface area contributed by atoms with Gasteiger partial charge in [0.1, 0.15) is 0 Å². The Morgan fingerprint density at radius 3 is 2.83 bits per heavy atom. The van der Waals surface area contributed by atoms with Crippen LogP contribution in [0.15, 0.2) is 24.3 Å². The van der Waals surface area contributed by atoms with Crippen molar-refractivity contribution in [1.82, 2.24) is 9.88 Å². The summed E-state index contributed by atoms with van der Waals surface area (Å²) in [6.45, 7) is 5.28. The van der Waals surface area contributed by atoms with E-state index >= 15 is 0 Å². The number of amides is 1. The molecular weight excluding hydrogens is 284 g/mol. The molecule has 122 valence electrons. The predicted molar refractivity (Wildman–Crippen MR) is 93.6 cm³/mol. The van der Waals surface area contributed by atoms with Gasteiger partial charge in [-0.25, -0.2) is 0 Å². The second-order valence-corrected chi connectivity index (χ2v) is 7.31. The zero-order chi connectivity index (χ0) is 16.0. The fraction of sp³-hybridized carbons (Fsp3) is 0.550. The van der Waals surface area contributed by atoms with Crippen LogP contribution in [0.5, 0.6) is 0 Å². The molecule has 1 aromatic carbocycles. The third-order valence-electron chi connectivity index (χ3n) is 5.89. The van der Waals surface area contributed by atoms with E-state index in [1.807, 2.05) is 0 Å². The number of hydrogen-bond donors (Lipinski definition) is 1. The van der Waals surface area contributed by atoms with Gasteiger partial charge >= 0.3 is 0 Å². The van der Waals surface area contributed by atoms with Crippen LogP contribution in [-0.4, -0.2) is 28.4 Å². The summed E-state index contributed by atoms with van der Waals surface area (Å²) in [6.07, 6.45) is 6.68. The molecule has 1 atom stereocenters. The van der Waals surface area contributed by atoms with E-state index in [0.717, 1.165) is 37.7 Å². The lowest BCUT2D eigenvalue weighted by Crippen LogP contribution is -2.48. The second kappa shape index (κ2) is 5.40. The van der Waals surface area contributed by atoms with Gasteiger partial charge in [0.15, 0.2) is 0 Å². The number of likely N-dealkylation sites (tertiary alicyclic amines) is 1. The molecule has 2 aromatic rings. The highest BCUT2D eigenvalue weighted by atomic mass is 16.2. The van der Waals surface area contributed by atoms with Gasteiger partial charge in [0, 0.05) is 29.2 Å². The number of nitrogens with zero attached hydrogens (tertiary/aromatic N) is 1. The highest BCUT2D eigenvalue weighted by Gasteiger charge is 2.55. The number of H-pyrrole nitrogens is 1. The molecule has 2 aliphatic rings. The molecular formula is C20H26N2O. The summed E-state index contributed by atoms with van der Waals surface area (Å²) >= 11 is 0. The van der Waals surface area contributed by atoms with Crippen LogP contribution in [0.2, 0.25) is 0 Å². The zero-order valence-corrected chi connectivity index (χ0v) is 14.2. The summed E-state index contributed by atoms with van der Waals surface area (Å²) in [6, 6.07) is 8.85. The number of benzene rings is 1. The average Bonchev–Trinajstić information content (AvgIpc) is 3.30. The van der Waals surface area contributed by atoms with Gasteiger partial charge in [0.25, 0.3) is 0 Å². The smallest absolute Gasteiger partial charge is 0.233 e. The Balaban J connectivity index is 1.75. The first-order valence-corrected chi connectivity index (χ1v) is 9.06. The monoisotopic (exact) mass is 310 g/mol. The van der Waals surface area contributed by atoms with Crippen LogP contribution in [0, 0.1) is 6.92 Å². The third-order valence-corrected chi connectivity index (χ3v) is 5.89. The van der Waals surface area contributed by atoms with Crippen LogP contribution in [0.3, 0.4) is 0 Å². The van der Waals surface area contributed by atoms with Crippen LogP contribution in [-0.2, 0) is 10.2 Å². The molecule has 0 bridgehead atoms. The summed E-state index contributed by atoms with van der Waals surface area (Å²) in [5.74, 6) is 0.386. The van der Waals surface area contributed by atoms with Crippen LogP contribution < -0.4 is 0 Å². The van der Waals surface area contributed by atoms with Crippen molar-refractivity contribution in [1.29, 1.82) is 0 Å². The maximum atomic E-state index is 13.5. The predicted octanol–water partition coefficient (Wildman–Crippen LogP) is 4.30. The Hall–Kier alpha value is -1.77. The number of rotatable bonds is 3. The van der Waals surface area contributed by atoms with Crippen molar-refractivity contribution in [3.8, 4) is 0 Å². The standard InChI is InChI=1S/C20H26N2O/c1-3-15-8-6-7-13-22(15)19(23)20(11-12-20)18-14(2)21-17-10-5-4-9-16(17)18/h4-5,9-10,15,21H,3,6-8,11-13H2,1-2H3. The summed E-state index contributed by atoms with van der Waals surface area (Å²) in [5.41, 5.74) is 3.33. The molecule has 3 heteroatoms. The van der Waals surface area contributed by atoms with E-state index in [0.29, 0.717) is 11.9 Å². The molecule has 1 aliphatic heterocycles. The first-order valence-electron chi connectivity index (χ1n) is 9.06. The molecule has 2 fully saturated rings. The van der Waals surface area contributed by atoms with Crippen LogP contribution in [0.25, 0.3) is 10.9 Å². The van der Waals surface area contributed by atoms with E-state index < -0.39 is 0 Å². The number of fused-ring (bicyclic) bond motifs is 1. The number of aromatic amines is 1. The van der Waals surface area contributed by atoms with E-state index in [-0.39, 0.29) is 5.41 Å². The second-order valence-electron chi connectivity index (χ2n) is 7.31. The lowest BCUT2D eigenvalue weighted by atomic mass is 9.89. The van der Waals surface area contributed by atoms with Crippen LogP contribution in [0.1, 0.15) is 56.7 Å². The van der Waals surface area contributed by atoms with Crippen molar-refractivity contribution in [3.63, 3.8) is 0 Å². The lowest BCUT2D eigenvalue weighted by Gasteiger charge is -2.38. The molecule has 1 unspecified atom stereocenters. The largest absolute Gasteiger partial charge is 0.358 e. The van der Waals surface area contributed by atoms with Gasteiger partial charge < -0.3 is 9.88 Å². The van der Waals surface area contributed by atoms with Crippen molar-refractivity contribution in [2.75, 3.05) is 6.54 Å². The highest BCUT2D eigenvalue weighted by molar-refractivity contribution is 5.98. The van der Waals surface area contributed by atoms with E-state index in [1.165, 1.54) is 29.5 Å². The van der Waals surface area contributed by atoms with Crippen molar-refractivity contribution < 1.29 is 4.79 Å². The SMILES string of the molecule is CCC1CCCCN1C(=O)C1(c2c(C)[nH]c3ccccc23)CC1. The molecule has 1 saturated carbocycles. The molecule has 2 heterocycles. The normalized spacial score (nSPS) is 23.2. The van der Waals surface area contributed by atoms with E-state index in [9.17, 15) is 4.79 Å². The van der Waals surface area contributed by atoms with Gasteiger partial charge in [-0.15, -0.1) is 0 Å². The van der Waals surface area contributed by atoms with E-state index in [4.69, 9.17) is 0 Å². The van der Waals surface area contributed by atoms with Gasteiger partial charge in [-0.2, -0.15) is 0 Å². The van der Waals surface area contributed by atoms with Gasteiger partial charge in [0.2, 0.25) is 5.91 Å². The molecule has 3 nitrogen and oxygen atoms in total. The van der Waals surface area contributed by atoms with Crippen LogP contribution >= 0.6 is 0 Å². The first-order chi connectivity index (χ1) is 11.2. The number of aryl methyl sites for hydroxylation is 1. The Bertz CT molecular complexity index is 741. The number of aromatic nitrogens is 1. The highest BCUT2D eigenvalue weighted by Crippen LogP contribution is 2.53. The Labute approximate surface area is 138 Å². The molecule has 1 saturated heterocycles. The van der Waals surface area contributed by atoms with Crippen molar-refractivity contribution in [2.24, 2.45) is 0 Å². The van der Waals surface area contributed by atoms with Gasteiger partial charge in [-0.3, -0.25) is 4.79 Å². The summed E-state index contributed by atoms with van der Waals surface area (Å²) in [4.78, 5) is 19.1. The Morgan fingerprint density at radius 2 is 2.09 bits per heavy atom. The molecule has 1 N–H and O–H groups in total. The van der Waals surface area contributed by atoms with E-state index in [2.05, 4.69) is 48.0 Å². The summed E-state index contributed by atoms with van der Waals surface area (Å²) in [5, 5.41) is 1.24. The topological polar surface area (TPSA) is 36.1 Å². The number of nitrogens with one attached hydrogen (secondary N) is 1. The van der Waals surface area contributed by atoms with E-state index in [1.54, 1.807) is 0 Å². The quantitative estimate of drug-likeness (QED) is 0.901. The summed E-state index contributed by atoms with van der Waals surface area (Å²) < 4.78 is 0. The van der Waals surface area contributed by atoms with Crippen molar-refractivity contribution >= 4 is 16.8 Å². The van der Waals surface area contributed by atoms with Crippen molar-refractivity contribution in [3.05, 3.63) is 35.5 Å². The summed E-state index contributed by atoms with van der Waals surface area (Å²) in [7, 11) is 0. The van der Waals surface area contributed by atoms with Gasteiger partial charge in [0.05, 0.1) is 5.41 Å². The number of para-hydroxylation sites is 1. The molecule has 4 rings (SSSR count). The minimum absolute atomic E-state index is 0.256. The van der Waals surface area contributed by atoms with Gasteiger partial charge in [-0.05, 0) is 57.1 Å². The molecule has 1 aromatic heterocycles. The molecule has 0 spiro atoms. The average molecular weight is 310 g/mol. The van der Waals surface area contributed by atoms with Crippen molar-refractivity contribution in [2.45, 2.75) is 63.8 Å². The fourth-order valence-corrected chi connectivity index (χ4v) is 4.56. The van der Waals surface area contributed by atoms with Crippen LogP contribution in [0.4, 0.5) is 0 Å². The third kappa shape index (κ3) is 2.20. The number of piperidine rings is 1. The fourth-order valence-electron chi connectivity index (χ4n) is 4.56. The molecule has 23 heavy (non-hydrogen) atoms. The number of hydrogen-bond acceptors (Lipinski definition) is 1. The Kier molecular flexibility index (Phi) is 3.47. The maximum absolute atomic E-state index is 13.5. The minimum Gasteiger partial charge on any atom is -0.358 e. The van der Waals surface area contributed by atoms with Gasteiger partial charge in [-0.1, -0.05) is 25.1 Å². The first kappa shape index (κ1) is 14.8. The zero-order valence-electron chi connectivity index (χ0n) is 14.2. The number of carbonyl (C=O) groups excluding carboxylic acids is 1. The molecule has 0 radical (unpaired) electrons. The minimum atomic E-state index is -0.256. The number of carbonyl (C=O) groups is 1. The Morgan fingerprint density at radius 1 is 1.30 bits per heavy atom. The molecule has 1 aliphatic carbocycles. The lowest BCUT2D eigenvalue weighted by molar-refractivity contribution is -0.137. The molecule has 1 amide bonds. The maximum Gasteiger partial charge on any atom is 0.233 e.